The fourth-order valence-electron chi connectivity index (χ4n) is 2.41. The molecule has 1 amide bonds. The zero-order chi connectivity index (χ0) is 16.4. The third kappa shape index (κ3) is 2.96. The molecule has 118 valence electrons. The van der Waals surface area contributed by atoms with Crippen molar-refractivity contribution in [3.05, 3.63) is 54.4 Å². The number of amides is 1. The third-order valence-corrected chi connectivity index (χ3v) is 3.67. The maximum atomic E-state index is 12.4. The highest BCUT2D eigenvalue weighted by molar-refractivity contribution is 6.03. The Balaban J connectivity index is 1.81. The average molecular weight is 310 g/mol. The van der Waals surface area contributed by atoms with Crippen LogP contribution in [0.25, 0.3) is 11.4 Å². The number of nitrogens with zero attached hydrogens (tertiary/aromatic N) is 3. The summed E-state index contributed by atoms with van der Waals surface area (Å²) in [6, 6.07) is 12.9. The molecule has 0 unspecified atom stereocenters. The second-order valence-corrected chi connectivity index (χ2v) is 5.23. The van der Waals surface area contributed by atoms with E-state index in [1.165, 1.54) is 0 Å². The molecule has 0 fully saturated rings. The lowest BCUT2D eigenvalue weighted by Gasteiger charge is -2.04. The maximum Gasteiger partial charge on any atom is 0.276 e. The number of hydrogen-bond donors (Lipinski definition) is 1. The normalized spacial score (nSPS) is 10.6. The molecular formula is C17H18N4O2. The summed E-state index contributed by atoms with van der Waals surface area (Å²) in [5.41, 5.74) is 2.96. The first-order valence-corrected chi connectivity index (χ1v) is 7.19. The standard InChI is InChI=1S/C17H18N4O2/c1-20-10-4-5-15(20)16-11-14(19-21(16)2)17(22)18-12-6-8-13(23-3)9-7-12/h4-11H,1-3H3,(H,18,22). The summed E-state index contributed by atoms with van der Waals surface area (Å²) in [4.78, 5) is 12.4. The van der Waals surface area contributed by atoms with Gasteiger partial charge in [0.2, 0.25) is 0 Å². The molecule has 0 atom stereocenters. The Morgan fingerprint density at radius 1 is 1.13 bits per heavy atom. The van der Waals surface area contributed by atoms with Crippen molar-refractivity contribution >= 4 is 11.6 Å². The second-order valence-electron chi connectivity index (χ2n) is 5.23. The van der Waals surface area contributed by atoms with Gasteiger partial charge in [-0.05, 0) is 42.5 Å². The molecule has 0 spiro atoms. The number of carbonyl (C=O) groups is 1. The van der Waals surface area contributed by atoms with Crippen LogP contribution in [0.2, 0.25) is 0 Å². The number of aromatic nitrogens is 3. The van der Waals surface area contributed by atoms with Crippen LogP contribution in [0.1, 0.15) is 10.5 Å². The Morgan fingerprint density at radius 2 is 1.87 bits per heavy atom. The summed E-state index contributed by atoms with van der Waals surface area (Å²) in [7, 11) is 5.39. The molecule has 3 aromatic rings. The average Bonchev–Trinajstić information content (AvgIpc) is 3.13. The highest BCUT2D eigenvalue weighted by Crippen LogP contribution is 2.21. The smallest absolute Gasteiger partial charge is 0.276 e. The number of methoxy groups -OCH3 is 1. The molecule has 0 aliphatic heterocycles. The van der Waals surface area contributed by atoms with Crippen LogP contribution < -0.4 is 10.1 Å². The van der Waals surface area contributed by atoms with E-state index in [4.69, 9.17) is 4.74 Å². The molecule has 1 aromatic carbocycles. The monoisotopic (exact) mass is 310 g/mol. The number of rotatable bonds is 4. The van der Waals surface area contributed by atoms with E-state index in [0.717, 1.165) is 17.1 Å². The van der Waals surface area contributed by atoms with E-state index >= 15 is 0 Å². The SMILES string of the molecule is COc1ccc(NC(=O)c2cc(-c3cccn3C)n(C)n2)cc1. The van der Waals surface area contributed by atoms with Crippen molar-refractivity contribution in [1.29, 1.82) is 0 Å². The van der Waals surface area contributed by atoms with Gasteiger partial charge in [-0.2, -0.15) is 5.10 Å². The topological polar surface area (TPSA) is 61.1 Å². The predicted molar refractivity (Wildman–Crippen MR) is 88.6 cm³/mol. The Labute approximate surface area is 134 Å². The fourth-order valence-corrected chi connectivity index (χ4v) is 2.41. The predicted octanol–water partition coefficient (Wildman–Crippen LogP) is 2.69. The summed E-state index contributed by atoms with van der Waals surface area (Å²) in [6.07, 6.45) is 1.96. The van der Waals surface area contributed by atoms with E-state index in [0.29, 0.717) is 11.4 Å². The molecule has 3 rings (SSSR count). The molecule has 6 nitrogen and oxygen atoms in total. The number of hydrogen-bond acceptors (Lipinski definition) is 3. The van der Waals surface area contributed by atoms with E-state index in [1.807, 2.05) is 37.0 Å². The minimum atomic E-state index is -0.244. The van der Waals surface area contributed by atoms with Gasteiger partial charge in [0, 0.05) is 26.0 Å². The summed E-state index contributed by atoms with van der Waals surface area (Å²) < 4.78 is 8.79. The first kappa shape index (κ1) is 14.9. The summed E-state index contributed by atoms with van der Waals surface area (Å²) >= 11 is 0. The molecule has 0 radical (unpaired) electrons. The van der Waals surface area contributed by atoms with Crippen LogP contribution in [-0.4, -0.2) is 27.4 Å². The van der Waals surface area contributed by atoms with Gasteiger partial charge in [-0.25, -0.2) is 0 Å². The molecule has 1 N–H and O–H groups in total. The number of benzene rings is 1. The molecule has 2 aromatic heterocycles. The number of anilines is 1. The first-order chi connectivity index (χ1) is 11.1. The first-order valence-electron chi connectivity index (χ1n) is 7.19. The summed E-state index contributed by atoms with van der Waals surface area (Å²) in [5.74, 6) is 0.498. The lowest BCUT2D eigenvalue weighted by Crippen LogP contribution is -2.12. The van der Waals surface area contributed by atoms with Gasteiger partial charge in [-0.1, -0.05) is 0 Å². The van der Waals surface area contributed by atoms with Crippen LogP contribution in [0.5, 0.6) is 5.75 Å². The number of aryl methyl sites for hydroxylation is 2. The van der Waals surface area contributed by atoms with E-state index in [9.17, 15) is 4.79 Å². The summed E-state index contributed by atoms with van der Waals surface area (Å²) in [5, 5.41) is 7.14. The molecule has 0 saturated heterocycles. The van der Waals surface area contributed by atoms with Crippen LogP contribution in [0, 0.1) is 0 Å². The van der Waals surface area contributed by atoms with Crippen molar-refractivity contribution in [2.45, 2.75) is 0 Å². The van der Waals surface area contributed by atoms with Gasteiger partial charge in [-0.15, -0.1) is 0 Å². The Kier molecular flexibility index (Phi) is 3.89. The van der Waals surface area contributed by atoms with Gasteiger partial charge in [0.15, 0.2) is 5.69 Å². The van der Waals surface area contributed by atoms with Crippen molar-refractivity contribution in [3.8, 4) is 17.1 Å². The fraction of sp³-hybridized carbons (Fsp3) is 0.176. The molecule has 6 heteroatoms. The molecule has 0 aliphatic rings. The Hall–Kier alpha value is -3.02. The van der Waals surface area contributed by atoms with Crippen molar-refractivity contribution in [3.63, 3.8) is 0 Å². The van der Waals surface area contributed by atoms with Crippen LogP contribution in [0.4, 0.5) is 5.69 Å². The van der Waals surface area contributed by atoms with E-state index in [1.54, 1.807) is 42.1 Å². The highest BCUT2D eigenvalue weighted by atomic mass is 16.5. The number of ether oxygens (including phenoxy) is 1. The van der Waals surface area contributed by atoms with Gasteiger partial charge in [0.05, 0.1) is 18.5 Å². The molecule has 2 heterocycles. The molecule has 0 bridgehead atoms. The van der Waals surface area contributed by atoms with Crippen molar-refractivity contribution in [2.75, 3.05) is 12.4 Å². The van der Waals surface area contributed by atoms with Gasteiger partial charge in [-0.3, -0.25) is 9.48 Å². The van der Waals surface area contributed by atoms with E-state index in [-0.39, 0.29) is 5.91 Å². The van der Waals surface area contributed by atoms with Gasteiger partial charge < -0.3 is 14.6 Å². The van der Waals surface area contributed by atoms with Crippen LogP contribution in [-0.2, 0) is 14.1 Å². The molecule has 0 aliphatic carbocycles. The minimum absolute atomic E-state index is 0.244. The largest absolute Gasteiger partial charge is 0.497 e. The number of nitrogens with one attached hydrogen (secondary N) is 1. The zero-order valence-electron chi connectivity index (χ0n) is 13.3. The lowest BCUT2D eigenvalue weighted by atomic mass is 10.2. The minimum Gasteiger partial charge on any atom is -0.497 e. The third-order valence-electron chi connectivity index (χ3n) is 3.67. The lowest BCUT2D eigenvalue weighted by molar-refractivity contribution is 0.102. The zero-order valence-corrected chi connectivity index (χ0v) is 13.3. The van der Waals surface area contributed by atoms with Crippen LogP contribution in [0.15, 0.2) is 48.7 Å². The van der Waals surface area contributed by atoms with E-state index in [2.05, 4.69) is 10.4 Å². The Morgan fingerprint density at radius 3 is 2.48 bits per heavy atom. The molecular weight excluding hydrogens is 292 g/mol. The van der Waals surface area contributed by atoms with Crippen molar-refractivity contribution < 1.29 is 9.53 Å². The van der Waals surface area contributed by atoms with Crippen LogP contribution >= 0.6 is 0 Å². The maximum absolute atomic E-state index is 12.4. The van der Waals surface area contributed by atoms with Crippen molar-refractivity contribution in [2.24, 2.45) is 14.1 Å². The van der Waals surface area contributed by atoms with Gasteiger partial charge in [0.25, 0.3) is 5.91 Å². The highest BCUT2D eigenvalue weighted by Gasteiger charge is 2.15. The second kappa shape index (κ2) is 6.00. The molecule has 0 saturated carbocycles. The van der Waals surface area contributed by atoms with Gasteiger partial charge >= 0.3 is 0 Å². The quantitative estimate of drug-likeness (QED) is 0.806. The molecule has 23 heavy (non-hydrogen) atoms. The Bertz CT molecular complexity index is 831. The van der Waals surface area contributed by atoms with Gasteiger partial charge in [0.1, 0.15) is 5.75 Å². The van der Waals surface area contributed by atoms with E-state index < -0.39 is 0 Å². The summed E-state index contributed by atoms with van der Waals surface area (Å²) in [6.45, 7) is 0. The van der Waals surface area contributed by atoms with Crippen molar-refractivity contribution in [1.82, 2.24) is 14.3 Å². The number of carbonyl (C=O) groups excluding carboxylic acids is 1. The van der Waals surface area contributed by atoms with Crippen LogP contribution in [0.3, 0.4) is 0 Å².